The number of sulfonamides is 1. The lowest BCUT2D eigenvalue weighted by Crippen LogP contribution is -2.46. The van der Waals surface area contributed by atoms with Crippen LogP contribution in [0.2, 0.25) is 5.02 Å². The minimum Gasteiger partial charge on any atom is -0.314 e. The van der Waals surface area contributed by atoms with Crippen LogP contribution in [0.1, 0.15) is 0 Å². The molecule has 10 heteroatoms. The number of hydrogen-bond acceptors (Lipinski definition) is 6. The Morgan fingerprint density at radius 3 is 2.64 bits per heavy atom. The molecule has 2 N–H and O–H groups in total. The molecule has 1 heterocycles. The van der Waals surface area contributed by atoms with Crippen LogP contribution in [-0.2, 0) is 10.0 Å². The van der Waals surface area contributed by atoms with Crippen LogP contribution >= 0.6 is 11.6 Å². The number of piperazine rings is 1. The predicted molar refractivity (Wildman–Crippen MR) is 82.6 cm³/mol. The summed E-state index contributed by atoms with van der Waals surface area (Å²) >= 11 is 5.84. The SMILES string of the molecule is O=[N+]([O-])c1ccc(S(=O)(=O)NCCN2CCNCC2)c(Cl)c1. The molecule has 0 radical (unpaired) electrons. The average molecular weight is 349 g/mol. The number of benzene rings is 1. The second-order valence-corrected chi connectivity index (χ2v) is 7.00. The lowest BCUT2D eigenvalue weighted by molar-refractivity contribution is -0.384. The average Bonchev–Trinajstić information content (AvgIpc) is 2.47. The Hall–Kier alpha value is -1.26. The molecule has 1 aliphatic rings. The fraction of sp³-hybridized carbons (Fsp3) is 0.500. The van der Waals surface area contributed by atoms with Crippen LogP contribution in [-0.4, -0.2) is 57.5 Å². The molecule has 0 spiro atoms. The van der Waals surface area contributed by atoms with Gasteiger partial charge in [0.2, 0.25) is 10.0 Å². The Morgan fingerprint density at radius 1 is 1.36 bits per heavy atom. The van der Waals surface area contributed by atoms with Gasteiger partial charge in [-0.15, -0.1) is 0 Å². The quantitative estimate of drug-likeness (QED) is 0.570. The third kappa shape index (κ3) is 4.37. The maximum atomic E-state index is 12.2. The number of nitro benzene ring substituents is 1. The molecular formula is C12H17ClN4O4S. The van der Waals surface area contributed by atoms with E-state index in [0.717, 1.165) is 44.4 Å². The van der Waals surface area contributed by atoms with Gasteiger partial charge in [-0.2, -0.15) is 0 Å². The Bertz CT molecular complexity index is 647. The van der Waals surface area contributed by atoms with Gasteiger partial charge in [-0.3, -0.25) is 15.0 Å². The molecule has 0 bridgehead atoms. The highest BCUT2D eigenvalue weighted by atomic mass is 35.5. The summed E-state index contributed by atoms with van der Waals surface area (Å²) in [6, 6.07) is 3.30. The zero-order chi connectivity index (χ0) is 16.2. The number of halogens is 1. The third-order valence-electron chi connectivity index (χ3n) is 3.35. The minimum atomic E-state index is -3.78. The number of nitrogens with one attached hydrogen (secondary N) is 2. The van der Waals surface area contributed by atoms with E-state index in [1.807, 2.05) is 0 Å². The van der Waals surface area contributed by atoms with E-state index in [1.54, 1.807) is 0 Å². The molecule has 2 rings (SSSR count). The summed E-state index contributed by atoms with van der Waals surface area (Å²) in [5, 5.41) is 13.7. The molecule has 1 aromatic carbocycles. The molecule has 1 fully saturated rings. The Morgan fingerprint density at radius 2 is 2.05 bits per heavy atom. The first-order chi connectivity index (χ1) is 10.4. The zero-order valence-electron chi connectivity index (χ0n) is 11.8. The molecular weight excluding hydrogens is 332 g/mol. The van der Waals surface area contributed by atoms with Crippen LogP contribution in [0.25, 0.3) is 0 Å². The van der Waals surface area contributed by atoms with Gasteiger partial charge in [-0.05, 0) is 6.07 Å². The normalized spacial score (nSPS) is 16.6. The molecule has 0 atom stereocenters. The Balaban J connectivity index is 1.99. The van der Waals surface area contributed by atoms with E-state index in [2.05, 4.69) is 14.9 Å². The van der Waals surface area contributed by atoms with Gasteiger partial charge in [0.05, 0.1) is 9.95 Å². The highest BCUT2D eigenvalue weighted by Crippen LogP contribution is 2.25. The number of hydrogen-bond donors (Lipinski definition) is 2. The van der Waals surface area contributed by atoms with E-state index in [1.165, 1.54) is 0 Å². The van der Waals surface area contributed by atoms with Crippen LogP contribution in [0, 0.1) is 10.1 Å². The standard InChI is InChI=1S/C12H17ClN4O4S/c13-11-9-10(17(18)19)1-2-12(11)22(20,21)15-5-8-16-6-3-14-4-7-16/h1-2,9,14-15H,3-8H2. The molecule has 0 aromatic heterocycles. The molecule has 122 valence electrons. The van der Waals surface area contributed by atoms with Crippen LogP contribution in [0.4, 0.5) is 5.69 Å². The van der Waals surface area contributed by atoms with Gasteiger partial charge in [0.15, 0.2) is 0 Å². The molecule has 1 saturated heterocycles. The lowest BCUT2D eigenvalue weighted by Gasteiger charge is -2.27. The summed E-state index contributed by atoms with van der Waals surface area (Å²) in [6.45, 7) is 4.39. The molecule has 0 aliphatic carbocycles. The van der Waals surface area contributed by atoms with Gasteiger partial charge in [0, 0.05) is 51.4 Å². The zero-order valence-corrected chi connectivity index (χ0v) is 13.4. The minimum absolute atomic E-state index is 0.153. The Labute approximate surface area is 133 Å². The van der Waals surface area contributed by atoms with Crippen molar-refractivity contribution in [2.45, 2.75) is 4.90 Å². The van der Waals surface area contributed by atoms with Gasteiger partial charge in [-0.25, -0.2) is 13.1 Å². The van der Waals surface area contributed by atoms with Crippen molar-refractivity contribution in [2.24, 2.45) is 0 Å². The summed E-state index contributed by atoms with van der Waals surface area (Å²) in [5.74, 6) is 0. The highest BCUT2D eigenvalue weighted by Gasteiger charge is 2.20. The van der Waals surface area contributed by atoms with E-state index in [0.29, 0.717) is 6.54 Å². The summed E-state index contributed by atoms with van der Waals surface area (Å²) in [7, 11) is -3.78. The molecule has 0 amide bonds. The molecule has 8 nitrogen and oxygen atoms in total. The molecule has 22 heavy (non-hydrogen) atoms. The Kier molecular flexibility index (Phi) is 5.70. The van der Waals surface area contributed by atoms with Gasteiger partial charge >= 0.3 is 0 Å². The smallest absolute Gasteiger partial charge is 0.271 e. The monoisotopic (exact) mass is 348 g/mol. The maximum Gasteiger partial charge on any atom is 0.271 e. The van der Waals surface area contributed by atoms with Crippen molar-refractivity contribution in [3.05, 3.63) is 33.3 Å². The van der Waals surface area contributed by atoms with Crippen molar-refractivity contribution in [1.82, 2.24) is 14.9 Å². The van der Waals surface area contributed by atoms with Gasteiger partial charge in [0.1, 0.15) is 4.90 Å². The first kappa shape index (κ1) is 17.1. The van der Waals surface area contributed by atoms with Crippen LogP contribution in [0.15, 0.2) is 23.1 Å². The first-order valence-electron chi connectivity index (χ1n) is 6.77. The van der Waals surface area contributed by atoms with Crippen molar-refractivity contribution in [3.63, 3.8) is 0 Å². The molecule has 0 saturated carbocycles. The lowest BCUT2D eigenvalue weighted by atomic mass is 10.3. The van der Waals surface area contributed by atoms with Crippen molar-refractivity contribution < 1.29 is 13.3 Å². The van der Waals surface area contributed by atoms with Crippen LogP contribution < -0.4 is 10.0 Å². The van der Waals surface area contributed by atoms with E-state index in [-0.39, 0.29) is 22.2 Å². The van der Waals surface area contributed by atoms with Crippen molar-refractivity contribution in [3.8, 4) is 0 Å². The maximum absolute atomic E-state index is 12.2. The second-order valence-electron chi connectivity index (χ2n) is 4.86. The summed E-state index contributed by atoms with van der Waals surface area (Å²) in [4.78, 5) is 12.0. The fourth-order valence-corrected chi connectivity index (χ4v) is 3.73. The molecule has 1 aliphatic heterocycles. The van der Waals surface area contributed by atoms with E-state index in [9.17, 15) is 18.5 Å². The fourth-order valence-electron chi connectivity index (χ4n) is 2.17. The van der Waals surface area contributed by atoms with Crippen LogP contribution in [0.3, 0.4) is 0 Å². The molecule has 0 unspecified atom stereocenters. The molecule has 1 aromatic rings. The van der Waals surface area contributed by atoms with Crippen molar-refractivity contribution in [1.29, 1.82) is 0 Å². The van der Waals surface area contributed by atoms with Crippen LogP contribution in [0.5, 0.6) is 0 Å². The number of rotatable bonds is 6. The predicted octanol–water partition coefficient (Wildman–Crippen LogP) is 0.432. The number of nitro groups is 1. The summed E-state index contributed by atoms with van der Waals surface area (Å²) < 4.78 is 26.8. The van der Waals surface area contributed by atoms with E-state index < -0.39 is 14.9 Å². The summed E-state index contributed by atoms with van der Waals surface area (Å²) in [6.07, 6.45) is 0. The first-order valence-corrected chi connectivity index (χ1v) is 8.63. The van der Waals surface area contributed by atoms with Gasteiger partial charge in [0.25, 0.3) is 5.69 Å². The van der Waals surface area contributed by atoms with Crippen molar-refractivity contribution in [2.75, 3.05) is 39.3 Å². The van der Waals surface area contributed by atoms with Crippen molar-refractivity contribution >= 4 is 27.3 Å². The third-order valence-corrected chi connectivity index (χ3v) is 5.29. The highest BCUT2D eigenvalue weighted by molar-refractivity contribution is 7.89. The van der Waals surface area contributed by atoms with Gasteiger partial charge < -0.3 is 5.32 Å². The largest absolute Gasteiger partial charge is 0.314 e. The van der Waals surface area contributed by atoms with E-state index >= 15 is 0 Å². The topological polar surface area (TPSA) is 105 Å². The second kappa shape index (κ2) is 7.34. The number of non-ortho nitro benzene ring substituents is 1. The summed E-state index contributed by atoms with van der Waals surface area (Å²) in [5.41, 5.74) is -0.246. The van der Waals surface area contributed by atoms with Gasteiger partial charge in [-0.1, -0.05) is 11.6 Å². The van der Waals surface area contributed by atoms with E-state index in [4.69, 9.17) is 11.6 Å². The number of nitrogens with zero attached hydrogens (tertiary/aromatic N) is 2.